The van der Waals surface area contributed by atoms with Gasteiger partial charge in [0.1, 0.15) is 5.75 Å². The number of phenols is 3. The molecule has 0 amide bonds. The highest BCUT2D eigenvalue weighted by atomic mass is 16.3. The highest BCUT2D eigenvalue weighted by Gasteiger charge is 2.17. The number of hydrogen-bond donors (Lipinski definition) is 3. The second kappa shape index (κ2) is 4.01. The van der Waals surface area contributed by atoms with Crippen LogP contribution in [0.1, 0.15) is 12.5 Å². The minimum absolute atomic E-state index is 0.00102. The monoisotopic (exact) mass is 230 g/mol. The van der Waals surface area contributed by atoms with Crippen LogP contribution in [-0.4, -0.2) is 15.3 Å². The molecule has 0 aliphatic rings. The molecule has 2 rings (SSSR count). The van der Waals surface area contributed by atoms with Crippen LogP contribution in [0, 0.1) is 0 Å². The van der Waals surface area contributed by atoms with Gasteiger partial charge in [-0.3, -0.25) is 0 Å². The molecule has 0 heterocycles. The Morgan fingerprint density at radius 2 is 1.53 bits per heavy atom. The number of rotatable bonds is 2. The van der Waals surface area contributed by atoms with E-state index in [1.54, 1.807) is 31.2 Å². The molecule has 0 unspecified atom stereocenters. The van der Waals surface area contributed by atoms with Gasteiger partial charge in [-0.1, -0.05) is 36.4 Å². The van der Waals surface area contributed by atoms with Crippen LogP contribution < -0.4 is 0 Å². The lowest BCUT2D eigenvalue weighted by Crippen LogP contribution is -1.90. The van der Waals surface area contributed by atoms with Crippen LogP contribution >= 0.6 is 0 Å². The maximum Gasteiger partial charge on any atom is 0.166 e. The van der Waals surface area contributed by atoms with Gasteiger partial charge in [-0.15, -0.1) is 0 Å². The molecule has 0 radical (unpaired) electrons. The molecule has 2 aromatic carbocycles. The zero-order valence-corrected chi connectivity index (χ0v) is 9.57. The smallest absolute Gasteiger partial charge is 0.166 e. The Balaban J connectivity index is 2.81. The van der Waals surface area contributed by atoms with E-state index in [1.807, 2.05) is 0 Å². The maximum absolute atomic E-state index is 10.1. The van der Waals surface area contributed by atoms with Gasteiger partial charge in [-0.05, 0) is 6.92 Å². The number of aromatic hydroxyl groups is 3. The van der Waals surface area contributed by atoms with Crippen molar-refractivity contribution in [2.24, 2.45) is 0 Å². The lowest BCUT2D eigenvalue weighted by molar-refractivity contribution is 0.396. The second-order valence-electron chi connectivity index (χ2n) is 4.20. The number of allylic oxidation sites excluding steroid dienone is 1. The zero-order chi connectivity index (χ0) is 12.6. The molecule has 0 fully saturated rings. The largest absolute Gasteiger partial charge is 0.507 e. The third kappa shape index (κ3) is 1.80. The van der Waals surface area contributed by atoms with Crippen molar-refractivity contribution in [1.29, 1.82) is 0 Å². The van der Waals surface area contributed by atoms with Gasteiger partial charge >= 0.3 is 0 Å². The van der Waals surface area contributed by atoms with E-state index >= 15 is 0 Å². The number of hydrogen-bond acceptors (Lipinski definition) is 3. The van der Waals surface area contributed by atoms with E-state index in [1.165, 1.54) is 0 Å². The first kappa shape index (κ1) is 11.3. The van der Waals surface area contributed by atoms with Crippen molar-refractivity contribution in [3.63, 3.8) is 0 Å². The first-order valence-electron chi connectivity index (χ1n) is 5.31. The fourth-order valence-corrected chi connectivity index (χ4v) is 1.91. The summed E-state index contributed by atoms with van der Waals surface area (Å²) >= 11 is 0. The molecule has 3 N–H and O–H groups in total. The Morgan fingerprint density at radius 3 is 2.06 bits per heavy atom. The molecule has 0 saturated carbocycles. The summed E-state index contributed by atoms with van der Waals surface area (Å²) in [5.74, 6) is -0.474. The van der Waals surface area contributed by atoms with Gasteiger partial charge in [0.2, 0.25) is 0 Å². The Hall–Kier alpha value is -2.16. The van der Waals surface area contributed by atoms with Crippen molar-refractivity contribution in [1.82, 2.24) is 0 Å². The van der Waals surface area contributed by atoms with Crippen molar-refractivity contribution in [2.75, 3.05) is 0 Å². The molecule has 0 atom stereocenters. The first-order chi connectivity index (χ1) is 8.02. The molecule has 0 aliphatic heterocycles. The first-order valence-corrected chi connectivity index (χ1v) is 5.31. The van der Waals surface area contributed by atoms with Crippen LogP contribution in [0.5, 0.6) is 17.2 Å². The van der Waals surface area contributed by atoms with Gasteiger partial charge in [0.15, 0.2) is 11.5 Å². The Bertz CT molecular complexity index is 600. The Labute approximate surface area is 99.3 Å². The molecule has 3 heteroatoms. The summed E-state index contributed by atoms with van der Waals surface area (Å²) in [5.41, 5.74) is 1.11. The molecular formula is C14H14O3. The summed E-state index contributed by atoms with van der Waals surface area (Å²) in [4.78, 5) is 0. The Morgan fingerprint density at radius 1 is 1.00 bits per heavy atom. The second-order valence-corrected chi connectivity index (χ2v) is 4.20. The topological polar surface area (TPSA) is 60.7 Å². The number of phenolic OH excluding ortho intramolecular Hbond substituents is 3. The van der Waals surface area contributed by atoms with E-state index < -0.39 is 0 Å². The predicted octanol–water partition coefficient (Wildman–Crippen LogP) is 3.08. The van der Waals surface area contributed by atoms with Gasteiger partial charge in [-0.25, -0.2) is 0 Å². The molecular weight excluding hydrogens is 216 g/mol. The molecule has 0 saturated heterocycles. The van der Waals surface area contributed by atoms with Gasteiger partial charge in [0, 0.05) is 22.8 Å². The fourth-order valence-electron chi connectivity index (χ4n) is 1.91. The van der Waals surface area contributed by atoms with Crippen LogP contribution in [0.3, 0.4) is 0 Å². The third-order valence-electron chi connectivity index (χ3n) is 2.71. The minimum atomic E-state index is -0.274. The van der Waals surface area contributed by atoms with E-state index in [-0.39, 0.29) is 17.2 Å². The van der Waals surface area contributed by atoms with Gasteiger partial charge < -0.3 is 15.3 Å². The van der Waals surface area contributed by atoms with E-state index in [9.17, 15) is 15.3 Å². The molecule has 2 aromatic rings. The van der Waals surface area contributed by atoms with Crippen LogP contribution in [0.2, 0.25) is 0 Å². The standard InChI is InChI=1S/C14H14O3/c1-8(2)7-11-12(15)9-5-3-4-6-10(9)13(16)14(11)17/h3-6,15-17H,1,7H2,2H3. The van der Waals surface area contributed by atoms with Crippen LogP contribution in [0.15, 0.2) is 36.4 Å². The molecule has 88 valence electrons. The normalized spacial score (nSPS) is 10.6. The van der Waals surface area contributed by atoms with E-state index in [2.05, 4.69) is 6.58 Å². The molecule has 0 aliphatic carbocycles. The lowest BCUT2D eigenvalue weighted by atomic mass is 9.98. The SMILES string of the molecule is C=C(C)Cc1c(O)c(O)c2ccccc2c1O. The summed E-state index contributed by atoms with van der Waals surface area (Å²) in [7, 11) is 0. The van der Waals surface area contributed by atoms with E-state index in [0.29, 0.717) is 22.8 Å². The Kier molecular flexibility index (Phi) is 2.68. The molecule has 0 bridgehead atoms. The summed E-state index contributed by atoms with van der Waals surface area (Å²) in [5, 5.41) is 30.8. The van der Waals surface area contributed by atoms with Crippen molar-refractivity contribution in [2.45, 2.75) is 13.3 Å². The van der Waals surface area contributed by atoms with Crippen LogP contribution in [-0.2, 0) is 6.42 Å². The van der Waals surface area contributed by atoms with Crippen LogP contribution in [0.25, 0.3) is 10.8 Å². The van der Waals surface area contributed by atoms with Crippen molar-refractivity contribution in [3.05, 3.63) is 42.0 Å². The summed E-state index contributed by atoms with van der Waals surface area (Å²) < 4.78 is 0. The summed E-state index contributed by atoms with van der Waals surface area (Å²) in [6.07, 6.45) is 0.329. The van der Waals surface area contributed by atoms with E-state index in [0.717, 1.165) is 5.57 Å². The van der Waals surface area contributed by atoms with Gasteiger partial charge in [0.25, 0.3) is 0 Å². The zero-order valence-electron chi connectivity index (χ0n) is 9.57. The molecule has 3 nitrogen and oxygen atoms in total. The number of benzene rings is 2. The van der Waals surface area contributed by atoms with Crippen molar-refractivity contribution in [3.8, 4) is 17.2 Å². The van der Waals surface area contributed by atoms with Crippen molar-refractivity contribution < 1.29 is 15.3 Å². The maximum atomic E-state index is 10.1. The average Bonchev–Trinajstić information content (AvgIpc) is 2.31. The highest BCUT2D eigenvalue weighted by molar-refractivity contribution is 5.96. The van der Waals surface area contributed by atoms with Gasteiger partial charge in [0.05, 0.1) is 0 Å². The lowest BCUT2D eigenvalue weighted by Gasteiger charge is -2.12. The van der Waals surface area contributed by atoms with Crippen LogP contribution in [0.4, 0.5) is 0 Å². The summed E-state index contributed by atoms with van der Waals surface area (Å²) in [6, 6.07) is 6.85. The predicted molar refractivity (Wildman–Crippen MR) is 67.5 cm³/mol. The molecule has 0 spiro atoms. The average molecular weight is 230 g/mol. The summed E-state index contributed by atoms with van der Waals surface area (Å²) in [6.45, 7) is 5.54. The van der Waals surface area contributed by atoms with E-state index in [4.69, 9.17) is 0 Å². The fraction of sp³-hybridized carbons (Fsp3) is 0.143. The highest BCUT2D eigenvalue weighted by Crippen LogP contribution is 2.44. The molecule has 17 heavy (non-hydrogen) atoms. The third-order valence-corrected chi connectivity index (χ3v) is 2.71. The molecule has 0 aromatic heterocycles. The van der Waals surface area contributed by atoms with Crippen molar-refractivity contribution >= 4 is 10.8 Å². The quantitative estimate of drug-likeness (QED) is 0.422. The van der Waals surface area contributed by atoms with Gasteiger partial charge in [-0.2, -0.15) is 0 Å². The number of fused-ring (bicyclic) bond motifs is 1. The minimum Gasteiger partial charge on any atom is -0.507 e.